The van der Waals surface area contributed by atoms with Crippen LogP contribution in [0.3, 0.4) is 0 Å². The smallest absolute Gasteiger partial charge is 0.229 e. The Bertz CT molecular complexity index is 1100. The van der Waals surface area contributed by atoms with Crippen molar-refractivity contribution in [3.8, 4) is 0 Å². The van der Waals surface area contributed by atoms with Gasteiger partial charge in [-0.05, 0) is 54.2 Å². The highest BCUT2D eigenvalue weighted by Crippen LogP contribution is 2.27. The summed E-state index contributed by atoms with van der Waals surface area (Å²) in [5.74, 6) is -0.345. The zero-order chi connectivity index (χ0) is 22.0. The third-order valence-electron chi connectivity index (χ3n) is 6.21. The molecule has 0 unspecified atom stereocenters. The van der Waals surface area contributed by atoms with Crippen LogP contribution in [0.2, 0.25) is 5.02 Å². The van der Waals surface area contributed by atoms with Crippen molar-refractivity contribution in [1.29, 1.82) is 0 Å². The van der Waals surface area contributed by atoms with Gasteiger partial charge in [-0.3, -0.25) is 9.59 Å². The van der Waals surface area contributed by atoms with Crippen molar-refractivity contribution >= 4 is 40.0 Å². The molecule has 3 aromatic rings. The van der Waals surface area contributed by atoms with Gasteiger partial charge in [0.05, 0.1) is 5.92 Å². The first-order valence-corrected chi connectivity index (χ1v) is 11.3. The van der Waals surface area contributed by atoms with Gasteiger partial charge in [-0.15, -0.1) is 0 Å². The number of aryl methyl sites for hydroxylation is 2. The fraction of sp³-hybridized carbons (Fsp3) is 0.360. The van der Waals surface area contributed by atoms with E-state index in [-0.39, 0.29) is 24.2 Å². The van der Waals surface area contributed by atoms with E-state index in [2.05, 4.69) is 24.1 Å². The molecule has 0 bridgehead atoms. The maximum absolute atomic E-state index is 13.0. The molecule has 6 heteroatoms. The third-order valence-corrected chi connectivity index (χ3v) is 6.45. The first kappa shape index (κ1) is 21.4. The lowest BCUT2D eigenvalue weighted by Gasteiger charge is -2.18. The molecule has 2 heterocycles. The third kappa shape index (κ3) is 4.47. The molecule has 2 aromatic carbocycles. The van der Waals surface area contributed by atoms with Crippen molar-refractivity contribution in [3.05, 3.63) is 64.3 Å². The van der Waals surface area contributed by atoms with Gasteiger partial charge in [0.25, 0.3) is 0 Å². The quantitative estimate of drug-likeness (QED) is 0.547. The summed E-state index contributed by atoms with van der Waals surface area (Å²) in [7, 11) is 0. The van der Waals surface area contributed by atoms with Crippen LogP contribution < -0.4 is 5.32 Å². The number of carbonyl (C=O) groups excluding carboxylic acids is 2. The minimum absolute atomic E-state index is 0.0394. The van der Waals surface area contributed by atoms with Gasteiger partial charge in [-0.1, -0.05) is 43.6 Å². The van der Waals surface area contributed by atoms with Crippen molar-refractivity contribution in [3.63, 3.8) is 0 Å². The summed E-state index contributed by atoms with van der Waals surface area (Å²) in [6.45, 7) is 5.23. The van der Waals surface area contributed by atoms with Crippen molar-refractivity contribution < 1.29 is 9.59 Å². The Morgan fingerprint density at radius 1 is 1.16 bits per heavy atom. The predicted molar refractivity (Wildman–Crippen MR) is 126 cm³/mol. The van der Waals surface area contributed by atoms with E-state index in [0.29, 0.717) is 18.1 Å². The average molecular weight is 438 g/mol. The van der Waals surface area contributed by atoms with Gasteiger partial charge < -0.3 is 15.2 Å². The Hall–Kier alpha value is -2.79. The number of aromatic nitrogens is 1. The Morgan fingerprint density at radius 3 is 2.61 bits per heavy atom. The second-order valence-corrected chi connectivity index (χ2v) is 8.58. The summed E-state index contributed by atoms with van der Waals surface area (Å²) in [6.07, 6.45) is 4.67. The van der Waals surface area contributed by atoms with Crippen LogP contribution in [0.4, 0.5) is 5.69 Å². The van der Waals surface area contributed by atoms with Crippen LogP contribution in [0.5, 0.6) is 0 Å². The number of benzene rings is 2. The minimum Gasteiger partial charge on any atom is -0.361 e. The minimum atomic E-state index is -0.320. The van der Waals surface area contributed by atoms with E-state index in [1.54, 1.807) is 4.90 Å². The molecule has 0 spiro atoms. The summed E-state index contributed by atoms with van der Waals surface area (Å²) in [5.41, 5.74) is 5.34. The van der Waals surface area contributed by atoms with E-state index in [9.17, 15) is 9.59 Å². The first-order valence-electron chi connectivity index (χ1n) is 10.9. The molecule has 0 saturated carbocycles. The number of carbonyl (C=O) groups is 2. The molecule has 31 heavy (non-hydrogen) atoms. The average Bonchev–Trinajstić information content (AvgIpc) is 3.35. The maximum Gasteiger partial charge on any atom is 0.229 e. The first-order chi connectivity index (χ1) is 15.0. The second-order valence-electron chi connectivity index (χ2n) is 8.14. The highest BCUT2D eigenvalue weighted by atomic mass is 35.5. The molecule has 4 rings (SSSR count). The fourth-order valence-electron chi connectivity index (χ4n) is 4.41. The van der Waals surface area contributed by atoms with E-state index in [0.717, 1.165) is 52.5 Å². The summed E-state index contributed by atoms with van der Waals surface area (Å²) in [6, 6.07) is 11.9. The Balaban J connectivity index is 1.41. The summed E-state index contributed by atoms with van der Waals surface area (Å²) < 4.78 is 0. The molecule has 1 saturated heterocycles. The van der Waals surface area contributed by atoms with Crippen LogP contribution >= 0.6 is 11.6 Å². The van der Waals surface area contributed by atoms with Crippen molar-refractivity contribution in [1.82, 2.24) is 9.88 Å². The molecule has 0 radical (unpaired) electrons. The molecule has 1 aromatic heterocycles. The van der Waals surface area contributed by atoms with Crippen LogP contribution in [0, 0.1) is 5.92 Å². The van der Waals surface area contributed by atoms with Crippen molar-refractivity contribution in [2.24, 2.45) is 5.92 Å². The number of halogens is 1. The Kier molecular flexibility index (Phi) is 6.33. The van der Waals surface area contributed by atoms with E-state index in [1.165, 1.54) is 0 Å². The standard InChI is InChI=1S/C25H28ClN3O2/c1-3-16-6-5-7-17(4-2)24(16)28-25(31)19-12-23(30)29(15-19)11-10-18-14-27-22-9-8-20(26)13-21(18)22/h5-9,13-14,19,27H,3-4,10-12,15H2,1-2H3,(H,28,31)/t19-/m1/s1. The highest BCUT2D eigenvalue weighted by Gasteiger charge is 2.34. The lowest BCUT2D eigenvalue weighted by atomic mass is 10.0. The molecule has 5 nitrogen and oxygen atoms in total. The number of amides is 2. The molecule has 0 aliphatic carbocycles. The van der Waals surface area contributed by atoms with E-state index in [1.807, 2.05) is 42.6 Å². The van der Waals surface area contributed by atoms with Gasteiger partial charge in [0.15, 0.2) is 0 Å². The van der Waals surface area contributed by atoms with Crippen LogP contribution in [0.15, 0.2) is 42.6 Å². The molecule has 1 atom stereocenters. The zero-order valence-electron chi connectivity index (χ0n) is 18.0. The lowest BCUT2D eigenvalue weighted by molar-refractivity contribution is -0.128. The number of anilines is 1. The van der Waals surface area contributed by atoms with Crippen LogP contribution in [-0.2, 0) is 28.9 Å². The predicted octanol–water partition coefficient (Wildman–Crippen LogP) is 4.98. The second kappa shape index (κ2) is 9.15. The van der Waals surface area contributed by atoms with E-state index in [4.69, 9.17) is 11.6 Å². The molecule has 1 aliphatic heterocycles. The number of fused-ring (bicyclic) bond motifs is 1. The Labute approximate surface area is 187 Å². The Morgan fingerprint density at radius 2 is 1.90 bits per heavy atom. The number of nitrogens with zero attached hydrogens (tertiary/aromatic N) is 1. The number of para-hydroxylation sites is 1. The van der Waals surface area contributed by atoms with Gasteiger partial charge in [0.2, 0.25) is 11.8 Å². The van der Waals surface area contributed by atoms with E-state index >= 15 is 0 Å². The number of aromatic amines is 1. The molecule has 1 aliphatic rings. The topological polar surface area (TPSA) is 65.2 Å². The van der Waals surface area contributed by atoms with Crippen molar-refractivity contribution in [2.45, 2.75) is 39.5 Å². The summed E-state index contributed by atoms with van der Waals surface area (Å²) in [5, 5.41) is 4.90. The fourth-order valence-corrected chi connectivity index (χ4v) is 4.58. The largest absolute Gasteiger partial charge is 0.361 e. The summed E-state index contributed by atoms with van der Waals surface area (Å²) in [4.78, 5) is 30.6. The van der Waals surface area contributed by atoms with Crippen LogP contribution in [0.1, 0.15) is 37.0 Å². The number of hydrogen-bond acceptors (Lipinski definition) is 2. The van der Waals surface area contributed by atoms with Gasteiger partial charge in [-0.2, -0.15) is 0 Å². The highest BCUT2D eigenvalue weighted by molar-refractivity contribution is 6.31. The molecular weight excluding hydrogens is 410 g/mol. The lowest BCUT2D eigenvalue weighted by Crippen LogP contribution is -2.30. The molecule has 1 fully saturated rings. The maximum atomic E-state index is 13.0. The van der Waals surface area contributed by atoms with E-state index < -0.39 is 0 Å². The monoisotopic (exact) mass is 437 g/mol. The number of rotatable bonds is 7. The molecular formula is C25H28ClN3O2. The molecule has 2 amide bonds. The SMILES string of the molecule is CCc1cccc(CC)c1NC(=O)[C@@H]1CC(=O)N(CCc2c[nH]c3ccc(Cl)cc23)C1. The van der Waals surface area contributed by atoms with Gasteiger partial charge >= 0.3 is 0 Å². The van der Waals surface area contributed by atoms with Gasteiger partial charge in [0.1, 0.15) is 0 Å². The summed E-state index contributed by atoms with van der Waals surface area (Å²) >= 11 is 6.14. The van der Waals surface area contributed by atoms with Gasteiger partial charge in [-0.25, -0.2) is 0 Å². The number of hydrogen-bond donors (Lipinski definition) is 2. The van der Waals surface area contributed by atoms with Crippen molar-refractivity contribution in [2.75, 3.05) is 18.4 Å². The molecule has 162 valence electrons. The normalized spacial score (nSPS) is 16.3. The molecule has 2 N–H and O–H groups in total. The van der Waals surface area contributed by atoms with Crippen LogP contribution in [-0.4, -0.2) is 34.8 Å². The number of likely N-dealkylation sites (tertiary alicyclic amines) is 1. The zero-order valence-corrected chi connectivity index (χ0v) is 18.8. The van der Waals surface area contributed by atoms with Gasteiger partial charge in [0, 0.05) is 47.3 Å². The number of nitrogens with one attached hydrogen (secondary N) is 2. The van der Waals surface area contributed by atoms with Crippen LogP contribution in [0.25, 0.3) is 10.9 Å². The number of H-pyrrole nitrogens is 1.